The van der Waals surface area contributed by atoms with Gasteiger partial charge in [-0.25, -0.2) is 0 Å². The highest BCUT2D eigenvalue weighted by molar-refractivity contribution is 7.25. The van der Waals surface area contributed by atoms with E-state index >= 15 is 0 Å². The van der Waals surface area contributed by atoms with Crippen LogP contribution in [-0.2, 0) is 0 Å². The molecule has 3 nitrogen and oxygen atoms in total. The minimum Gasteiger partial charge on any atom is -0.456 e. The molecule has 11 rings (SSSR count). The second kappa shape index (κ2) is 11.6. The van der Waals surface area contributed by atoms with Gasteiger partial charge in [0.1, 0.15) is 22.3 Å². The fourth-order valence-corrected chi connectivity index (χ4v) is 9.29. The van der Waals surface area contributed by atoms with Gasteiger partial charge in [-0.05, 0) is 114 Å². The van der Waals surface area contributed by atoms with E-state index in [9.17, 15) is 0 Å². The summed E-state index contributed by atoms with van der Waals surface area (Å²) in [7, 11) is 0. The van der Waals surface area contributed by atoms with Gasteiger partial charge < -0.3 is 13.7 Å². The van der Waals surface area contributed by atoms with E-state index in [-0.39, 0.29) is 0 Å². The molecule has 0 radical (unpaired) electrons. The molecule has 0 bridgehead atoms. The summed E-state index contributed by atoms with van der Waals surface area (Å²) < 4.78 is 15.6. The number of thiophene rings is 1. The Balaban J connectivity index is 1.05. The zero-order valence-electron chi connectivity index (χ0n) is 28.2. The summed E-state index contributed by atoms with van der Waals surface area (Å²) in [4.78, 5) is 2.37. The summed E-state index contributed by atoms with van der Waals surface area (Å²) in [6, 6.07) is 52.2. The van der Waals surface area contributed by atoms with Gasteiger partial charge in [-0.2, -0.15) is 0 Å². The van der Waals surface area contributed by atoms with Crippen LogP contribution in [0.5, 0.6) is 0 Å². The van der Waals surface area contributed by atoms with Crippen LogP contribution in [-0.4, -0.2) is 0 Å². The summed E-state index contributed by atoms with van der Waals surface area (Å²) >= 11 is 1.85. The lowest BCUT2D eigenvalue weighted by Crippen LogP contribution is -2.17. The van der Waals surface area contributed by atoms with Crippen LogP contribution in [0.4, 0.5) is 11.4 Å². The highest BCUT2D eigenvalue weighted by Gasteiger charge is 2.20. The first kappa shape index (κ1) is 29.4. The van der Waals surface area contributed by atoms with Crippen LogP contribution in [0, 0.1) is 0 Å². The number of nitrogens with zero attached hydrogens (tertiary/aromatic N) is 1. The van der Waals surface area contributed by atoms with Crippen LogP contribution in [0.3, 0.4) is 0 Å². The Kier molecular flexibility index (Phi) is 6.55. The van der Waals surface area contributed by atoms with Crippen molar-refractivity contribution >= 4 is 86.8 Å². The summed E-state index contributed by atoms with van der Waals surface area (Å²) in [5.41, 5.74) is 11.8. The molecule has 3 aromatic heterocycles. The fourth-order valence-electron chi connectivity index (χ4n) is 8.16. The van der Waals surface area contributed by atoms with E-state index in [0.717, 1.165) is 84.8 Å². The maximum atomic E-state index is 6.61. The molecular formula is C48H31NO2S. The van der Waals surface area contributed by atoms with Crippen molar-refractivity contribution in [2.24, 2.45) is 0 Å². The number of allylic oxidation sites excluding steroid dienone is 4. The third-order valence-electron chi connectivity index (χ3n) is 10.5. The first-order chi connectivity index (χ1) is 25.8. The number of hydrogen-bond donors (Lipinski definition) is 0. The van der Waals surface area contributed by atoms with Crippen molar-refractivity contribution in [2.75, 3.05) is 4.90 Å². The predicted molar refractivity (Wildman–Crippen MR) is 220 cm³/mol. The number of benzene rings is 7. The minimum atomic E-state index is 0.881. The van der Waals surface area contributed by atoms with E-state index < -0.39 is 0 Å². The molecule has 0 atom stereocenters. The van der Waals surface area contributed by atoms with Gasteiger partial charge in [0.05, 0.1) is 0 Å². The average Bonchev–Trinajstić information content (AvgIpc) is 3.89. The number of hydrogen-bond acceptors (Lipinski definition) is 4. The summed E-state index contributed by atoms with van der Waals surface area (Å²) in [6.45, 7) is 0. The largest absolute Gasteiger partial charge is 0.456 e. The molecular weight excluding hydrogens is 655 g/mol. The summed E-state index contributed by atoms with van der Waals surface area (Å²) in [5, 5.41) is 7.06. The highest BCUT2D eigenvalue weighted by atomic mass is 32.1. The van der Waals surface area contributed by atoms with E-state index in [1.54, 1.807) is 0 Å². The normalized spacial score (nSPS) is 13.3. The Hall–Kier alpha value is -6.36. The van der Waals surface area contributed by atoms with Crippen LogP contribution in [0.2, 0.25) is 0 Å². The number of anilines is 2. The Morgan fingerprint density at radius 1 is 0.481 bits per heavy atom. The number of fused-ring (bicyclic) bond motifs is 9. The monoisotopic (exact) mass is 685 g/mol. The predicted octanol–water partition coefficient (Wildman–Crippen LogP) is 14.6. The van der Waals surface area contributed by atoms with Crippen LogP contribution >= 0.6 is 11.3 Å². The van der Waals surface area contributed by atoms with Crippen molar-refractivity contribution in [2.45, 2.75) is 12.8 Å². The van der Waals surface area contributed by atoms with Gasteiger partial charge in [0.15, 0.2) is 0 Å². The van der Waals surface area contributed by atoms with Gasteiger partial charge in [0, 0.05) is 58.8 Å². The lowest BCUT2D eigenvalue weighted by molar-refractivity contribution is 0.669. The molecule has 0 fully saturated rings. The van der Waals surface area contributed by atoms with E-state index in [2.05, 4.69) is 169 Å². The maximum absolute atomic E-state index is 6.61. The summed E-state index contributed by atoms with van der Waals surface area (Å²) in [5.74, 6) is 0. The first-order valence-electron chi connectivity index (χ1n) is 17.8. The smallest absolute Gasteiger partial charge is 0.136 e. The average molecular weight is 686 g/mol. The Morgan fingerprint density at radius 2 is 1.21 bits per heavy atom. The molecule has 0 amide bonds. The molecule has 0 unspecified atom stereocenters. The van der Waals surface area contributed by atoms with E-state index in [0.29, 0.717) is 0 Å². The molecule has 1 aliphatic carbocycles. The van der Waals surface area contributed by atoms with Gasteiger partial charge in [-0.1, -0.05) is 84.9 Å². The van der Waals surface area contributed by atoms with Crippen LogP contribution < -0.4 is 4.90 Å². The van der Waals surface area contributed by atoms with Crippen molar-refractivity contribution in [1.29, 1.82) is 0 Å². The Labute approximate surface area is 303 Å². The van der Waals surface area contributed by atoms with Crippen LogP contribution in [0.1, 0.15) is 12.8 Å². The molecule has 7 aromatic carbocycles. The highest BCUT2D eigenvalue weighted by Crippen LogP contribution is 2.44. The van der Waals surface area contributed by atoms with Gasteiger partial charge >= 0.3 is 0 Å². The standard InChI is InChI=1S/C48H31NO2S/c1-3-11-32(12-4-1)49(33-13-5-2-6-14-33)34-23-26-42-40(29-34)39-27-30(22-25-41(39)50-42)35-16-9-18-43-47(35)37-24-21-31(28-44(37)51-43)36-17-10-20-46-48(36)38-15-7-8-19-45(38)52-46/h1-5,7-13,15-29H,6,14H2. The van der Waals surface area contributed by atoms with Gasteiger partial charge in [0.25, 0.3) is 0 Å². The van der Waals surface area contributed by atoms with Crippen molar-refractivity contribution in [3.63, 3.8) is 0 Å². The molecule has 0 N–H and O–H groups in total. The number of rotatable bonds is 5. The molecule has 0 spiro atoms. The third-order valence-corrected chi connectivity index (χ3v) is 11.7. The lowest BCUT2D eigenvalue weighted by atomic mass is 9.96. The molecule has 0 saturated carbocycles. The molecule has 0 aliphatic heterocycles. The molecule has 4 heteroatoms. The van der Waals surface area contributed by atoms with Crippen molar-refractivity contribution in [3.05, 3.63) is 170 Å². The quantitative estimate of drug-likeness (QED) is 0.181. The Bertz CT molecular complexity index is 3080. The minimum absolute atomic E-state index is 0.881. The van der Waals surface area contributed by atoms with E-state index in [1.807, 2.05) is 11.3 Å². The molecule has 0 saturated heterocycles. The van der Waals surface area contributed by atoms with Crippen LogP contribution in [0.15, 0.2) is 178 Å². The maximum Gasteiger partial charge on any atom is 0.136 e. The first-order valence-corrected chi connectivity index (χ1v) is 18.6. The SMILES string of the molecule is C1=CCCC(N(c2ccccc2)c2ccc3oc4ccc(-c5cccc6oc7cc(-c8cccc9sc%10ccccc%10c89)ccc7c56)cc4c3c2)=C1. The fraction of sp³-hybridized carbons (Fsp3) is 0.0417. The third kappa shape index (κ3) is 4.58. The van der Waals surface area contributed by atoms with Gasteiger partial charge in [0.2, 0.25) is 0 Å². The Morgan fingerprint density at radius 3 is 2.10 bits per heavy atom. The molecule has 1 aliphatic rings. The molecule has 246 valence electrons. The molecule has 52 heavy (non-hydrogen) atoms. The van der Waals surface area contributed by atoms with Gasteiger partial charge in [-0.15, -0.1) is 11.3 Å². The van der Waals surface area contributed by atoms with Gasteiger partial charge in [-0.3, -0.25) is 0 Å². The second-order valence-electron chi connectivity index (χ2n) is 13.6. The molecule has 3 heterocycles. The van der Waals surface area contributed by atoms with Crippen molar-refractivity contribution in [3.8, 4) is 22.3 Å². The second-order valence-corrected chi connectivity index (χ2v) is 14.6. The molecule has 10 aromatic rings. The number of furan rings is 2. The van der Waals surface area contributed by atoms with E-state index in [1.165, 1.54) is 31.4 Å². The number of para-hydroxylation sites is 1. The summed E-state index contributed by atoms with van der Waals surface area (Å²) in [6.07, 6.45) is 8.66. The zero-order chi connectivity index (χ0) is 34.2. The topological polar surface area (TPSA) is 29.5 Å². The van der Waals surface area contributed by atoms with Crippen molar-refractivity contribution < 1.29 is 8.83 Å². The van der Waals surface area contributed by atoms with Crippen LogP contribution in [0.25, 0.3) is 86.3 Å². The van der Waals surface area contributed by atoms with Crippen molar-refractivity contribution in [1.82, 2.24) is 0 Å². The zero-order valence-corrected chi connectivity index (χ0v) is 29.0. The lowest BCUT2D eigenvalue weighted by Gasteiger charge is -2.28. The van der Waals surface area contributed by atoms with E-state index in [4.69, 9.17) is 8.83 Å².